The second-order valence-electron chi connectivity index (χ2n) is 9.05. The number of aliphatic hydroxyl groups excluding tert-OH is 1. The Kier molecular flexibility index (Phi) is 6.60. The summed E-state index contributed by atoms with van der Waals surface area (Å²) in [5.41, 5.74) is 2.63. The first kappa shape index (κ1) is 24.1. The lowest BCUT2D eigenvalue weighted by Gasteiger charge is -2.38. The first-order valence-electron chi connectivity index (χ1n) is 11.1. The van der Waals surface area contributed by atoms with Crippen LogP contribution in [-0.2, 0) is 14.8 Å². The van der Waals surface area contributed by atoms with Gasteiger partial charge in [-0.25, -0.2) is 12.8 Å². The van der Waals surface area contributed by atoms with E-state index in [1.807, 2.05) is 19.1 Å². The fourth-order valence-corrected chi connectivity index (χ4v) is 6.37. The number of hydrogen-bond acceptors (Lipinski definition) is 5. The maximum atomic E-state index is 14.4. The van der Waals surface area contributed by atoms with Crippen LogP contribution in [0.1, 0.15) is 54.7 Å². The number of aromatic nitrogens is 2. The number of halogens is 1. The number of aromatic amines is 1. The van der Waals surface area contributed by atoms with E-state index in [2.05, 4.69) is 14.6 Å². The Morgan fingerprint density at radius 3 is 2.47 bits per heavy atom. The normalized spacial score (nSPS) is 19.8. The number of H-pyrrole nitrogens is 1. The molecule has 0 saturated heterocycles. The van der Waals surface area contributed by atoms with Crippen molar-refractivity contribution >= 4 is 15.9 Å². The lowest BCUT2D eigenvalue weighted by molar-refractivity contribution is 0.0797. The van der Waals surface area contributed by atoms with Gasteiger partial charge in [-0.1, -0.05) is 42.5 Å². The van der Waals surface area contributed by atoms with E-state index in [0.29, 0.717) is 11.1 Å². The minimum absolute atomic E-state index is 0.0218. The first-order chi connectivity index (χ1) is 16.1. The highest BCUT2D eigenvalue weighted by Crippen LogP contribution is 2.42. The van der Waals surface area contributed by atoms with Gasteiger partial charge in [0.15, 0.2) is 0 Å². The average molecular weight is 486 g/mol. The fraction of sp³-hybridized carbons (Fsp3) is 0.360. The van der Waals surface area contributed by atoms with Crippen LogP contribution < -0.4 is 0 Å². The summed E-state index contributed by atoms with van der Waals surface area (Å²) in [6.07, 6.45) is 2.04. The minimum Gasteiger partial charge on any atom is -0.472 e. The molecule has 34 heavy (non-hydrogen) atoms. The van der Waals surface area contributed by atoms with Crippen molar-refractivity contribution in [3.05, 3.63) is 77.4 Å². The second kappa shape index (κ2) is 9.31. The van der Waals surface area contributed by atoms with Crippen molar-refractivity contribution in [3.8, 4) is 11.1 Å². The van der Waals surface area contributed by atoms with E-state index in [0.717, 1.165) is 16.8 Å². The summed E-state index contributed by atoms with van der Waals surface area (Å²) in [4.78, 5) is 0. The Morgan fingerprint density at radius 2 is 1.88 bits per heavy atom. The summed E-state index contributed by atoms with van der Waals surface area (Å²) in [5, 5.41) is 15.4. The number of nitrogens with zero attached hydrogens (tertiary/aromatic N) is 2. The second-order valence-corrected chi connectivity index (χ2v) is 10.7. The van der Waals surface area contributed by atoms with E-state index in [1.165, 1.54) is 6.07 Å². The number of hydrogen-bond donors (Lipinski definition) is 2. The highest BCUT2D eigenvalue weighted by atomic mass is 32.2. The molecule has 1 aliphatic rings. The van der Waals surface area contributed by atoms with Gasteiger partial charge in [0.05, 0.1) is 6.20 Å². The quantitative estimate of drug-likeness (QED) is 0.507. The molecule has 0 bridgehead atoms. The molecule has 2 heterocycles. The number of aliphatic hydroxyl groups is 1. The van der Waals surface area contributed by atoms with Crippen LogP contribution in [0.25, 0.3) is 11.1 Å². The van der Waals surface area contributed by atoms with Gasteiger partial charge in [-0.3, -0.25) is 5.10 Å². The van der Waals surface area contributed by atoms with Gasteiger partial charge in [-0.2, -0.15) is 5.10 Å². The van der Waals surface area contributed by atoms with Gasteiger partial charge < -0.3 is 9.84 Å². The number of sulfonamides is 1. The average Bonchev–Trinajstić information content (AvgIpc) is 3.18. The minimum atomic E-state index is -3.97. The number of benzene rings is 2. The Hall–Kier alpha value is -3.04. The zero-order chi connectivity index (χ0) is 24.5. The summed E-state index contributed by atoms with van der Waals surface area (Å²) in [6.45, 7) is 5.16. The van der Waals surface area contributed by atoms with E-state index in [-0.39, 0.29) is 25.3 Å². The summed E-state index contributed by atoms with van der Waals surface area (Å²) >= 11 is 0. The monoisotopic (exact) mass is 485 g/mol. The van der Waals surface area contributed by atoms with Gasteiger partial charge in [0.2, 0.25) is 5.90 Å². The van der Waals surface area contributed by atoms with Gasteiger partial charge >= 0.3 is 0 Å². The van der Waals surface area contributed by atoms with Crippen LogP contribution in [0.15, 0.2) is 59.1 Å². The van der Waals surface area contributed by atoms with Crippen LogP contribution in [0.4, 0.5) is 4.39 Å². The molecule has 3 aromatic rings. The maximum absolute atomic E-state index is 14.4. The predicted octanol–water partition coefficient (Wildman–Crippen LogP) is 4.66. The van der Waals surface area contributed by atoms with Crippen molar-refractivity contribution in [2.75, 3.05) is 6.61 Å². The van der Waals surface area contributed by atoms with Gasteiger partial charge in [-0.15, -0.1) is 4.40 Å². The highest BCUT2D eigenvalue weighted by molar-refractivity contribution is 7.90. The van der Waals surface area contributed by atoms with Gasteiger partial charge in [-0.05, 0) is 55.9 Å². The SMILES string of the molecule is Cc1[nH]ncc1-c1ccc(C2C(C)(C)OC(C[C@@H](CCO)c3ccccc3F)=NS2(=O)=O)cc1. The molecule has 0 radical (unpaired) electrons. The first-order valence-corrected chi connectivity index (χ1v) is 12.6. The molecular weight excluding hydrogens is 457 g/mol. The van der Waals surface area contributed by atoms with Crippen molar-refractivity contribution in [1.82, 2.24) is 10.2 Å². The molecule has 1 unspecified atom stereocenters. The number of nitrogens with one attached hydrogen (secondary N) is 1. The standard InChI is InChI=1S/C25H28FN3O4S/c1-16-21(15-27-28-16)17-8-10-18(11-9-17)24-25(2,3)33-23(29-34(24,31)32)14-19(12-13-30)20-6-4-5-7-22(20)26/h4-11,15,19,24,30H,12-14H2,1-3H3,(H,27,28)/t19-,24?/m1/s1. The largest absolute Gasteiger partial charge is 0.472 e. The summed E-state index contributed by atoms with van der Waals surface area (Å²) in [6, 6.07) is 13.5. The Labute approximate surface area is 198 Å². The Balaban J connectivity index is 1.64. The van der Waals surface area contributed by atoms with Gasteiger partial charge in [0, 0.05) is 24.3 Å². The zero-order valence-electron chi connectivity index (χ0n) is 19.3. The molecule has 0 fully saturated rings. The van der Waals surface area contributed by atoms with Crippen LogP contribution >= 0.6 is 0 Å². The Morgan fingerprint density at radius 1 is 1.18 bits per heavy atom. The van der Waals surface area contributed by atoms with Crippen LogP contribution in [0.2, 0.25) is 0 Å². The molecule has 2 atom stereocenters. The zero-order valence-corrected chi connectivity index (χ0v) is 20.1. The third kappa shape index (κ3) is 4.76. The lowest BCUT2D eigenvalue weighted by Crippen LogP contribution is -2.43. The third-order valence-electron chi connectivity index (χ3n) is 6.14. The van der Waals surface area contributed by atoms with Crippen molar-refractivity contribution in [2.45, 2.75) is 50.4 Å². The molecule has 0 aliphatic carbocycles. The van der Waals surface area contributed by atoms with Gasteiger partial charge in [0.25, 0.3) is 10.0 Å². The van der Waals surface area contributed by atoms with Crippen molar-refractivity contribution < 1.29 is 22.7 Å². The highest BCUT2D eigenvalue weighted by Gasteiger charge is 2.47. The van der Waals surface area contributed by atoms with Crippen LogP contribution in [0.5, 0.6) is 0 Å². The topological polar surface area (TPSA) is 105 Å². The van der Waals surface area contributed by atoms with E-state index in [9.17, 15) is 17.9 Å². The van der Waals surface area contributed by atoms with Crippen LogP contribution in [0, 0.1) is 12.7 Å². The molecule has 9 heteroatoms. The smallest absolute Gasteiger partial charge is 0.267 e. The van der Waals surface area contributed by atoms with Crippen molar-refractivity contribution in [2.24, 2.45) is 4.40 Å². The van der Waals surface area contributed by atoms with E-state index in [1.54, 1.807) is 50.4 Å². The van der Waals surface area contributed by atoms with E-state index < -0.39 is 32.6 Å². The van der Waals surface area contributed by atoms with Crippen LogP contribution in [0.3, 0.4) is 0 Å². The van der Waals surface area contributed by atoms with Crippen LogP contribution in [-0.4, -0.2) is 41.8 Å². The molecule has 4 rings (SSSR count). The summed E-state index contributed by atoms with van der Waals surface area (Å²) in [5.74, 6) is -0.858. The van der Waals surface area contributed by atoms with E-state index in [4.69, 9.17) is 4.74 Å². The summed E-state index contributed by atoms with van der Waals surface area (Å²) in [7, 11) is -3.97. The molecule has 0 saturated carbocycles. The number of ether oxygens (including phenoxy) is 1. The molecule has 1 aliphatic heterocycles. The van der Waals surface area contributed by atoms with Gasteiger partial charge in [0.1, 0.15) is 16.7 Å². The molecule has 2 N–H and O–H groups in total. The third-order valence-corrected chi connectivity index (χ3v) is 8.03. The molecule has 7 nitrogen and oxygen atoms in total. The van der Waals surface area contributed by atoms with Crippen molar-refractivity contribution in [3.63, 3.8) is 0 Å². The number of aryl methyl sites for hydroxylation is 1. The molecule has 2 aromatic carbocycles. The predicted molar refractivity (Wildman–Crippen MR) is 128 cm³/mol. The maximum Gasteiger partial charge on any atom is 0.267 e. The molecule has 1 aromatic heterocycles. The van der Waals surface area contributed by atoms with Crippen molar-refractivity contribution in [1.29, 1.82) is 0 Å². The molecule has 180 valence electrons. The fourth-order valence-electron chi connectivity index (χ4n) is 4.60. The van der Waals surface area contributed by atoms with E-state index >= 15 is 0 Å². The Bertz CT molecular complexity index is 1300. The lowest BCUT2D eigenvalue weighted by atomic mass is 9.91. The summed E-state index contributed by atoms with van der Waals surface area (Å²) < 4.78 is 51.1. The molecule has 0 spiro atoms. The molecular formula is C25H28FN3O4S. The molecule has 0 amide bonds. The number of rotatable bonds is 7.